The van der Waals surface area contributed by atoms with Crippen LogP contribution in [-0.4, -0.2) is 32.3 Å². The van der Waals surface area contributed by atoms with Crippen molar-refractivity contribution in [3.05, 3.63) is 78.9 Å². The largest absolute Gasteiger partial charge is 0.382 e. The number of hydrogen-bond acceptors (Lipinski definition) is 5. The lowest BCUT2D eigenvalue weighted by Gasteiger charge is -2.26. The van der Waals surface area contributed by atoms with Crippen LogP contribution >= 0.6 is 0 Å². The van der Waals surface area contributed by atoms with Crippen molar-refractivity contribution in [2.45, 2.75) is 31.6 Å². The van der Waals surface area contributed by atoms with Crippen LogP contribution in [0.25, 0.3) is 38.9 Å². The maximum absolute atomic E-state index is 12.1. The van der Waals surface area contributed by atoms with E-state index in [1.165, 1.54) is 0 Å². The minimum Gasteiger partial charge on any atom is -0.382 e. The summed E-state index contributed by atoms with van der Waals surface area (Å²) in [5.41, 5.74) is 11.9. The third-order valence-corrected chi connectivity index (χ3v) is 7.35. The second-order valence-electron chi connectivity index (χ2n) is 9.48. The van der Waals surface area contributed by atoms with Crippen LogP contribution in [0.4, 0.5) is 5.82 Å². The van der Waals surface area contributed by atoms with Gasteiger partial charge < -0.3 is 11.1 Å². The fourth-order valence-electron chi connectivity index (χ4n) is 5.43. The molecule has 1 aliphatic rings. The molecule has 3 N–H and O–H groups in total. The van der Waals surface area contributed by atoms with Gasteiger partial charge in [-0.05, 0) is 37.8 Å². The van der Waals surface area contributed by atoms with Crippen LogP contribution in [0.5, 0.6) is 0 Å². The van der Waals surface area contributed by atoms with Crippen molar-refractivity contribution in [3.8, 4) is 22.5 Å². The average molecular weight is 477 g/mol. The Kier molecular flexibility index (Phi) is 5.60. The van der Waals surface area contributed by atoms with Crippen molar-refractivity contribution in [3.63, 3.8) is 0 Å². The summed E-state index contributed by atoms with van der Waals surface area (Å²) < 4.78 is 2.08. The molecule has 180 valence electrons. The molecule has 1 aliphatic carbocycles. The van der Waals surface area contributed by atoms with E-state index in [9.17, 15) is 4.79 Å². The molecule has 7 heteroatoms. The van der Waals surface area contributed by atoms with E-state index >= 15 is 0 Å². The number of aromatic nitrogens is 4. The molecule has 0 unspecified atom stereocenters. The Bertz CT molecular complexity index is 1570. The smallest absolute Gasteiger partial charge is 0.222 e. The van der Waals surface area contributed by atoms with Gasteiger partial charge in [-0.2, -0.15) is 0 Å². The number of imidazole rings is 1. The van der Waals surface area contributed by atoms with Gasteiger partial charge in [0.2, 0.25) is 5.91 Å². The fourth-order valence-corrected chi connectivity index (χ4v) is 5.43. The van der Waals surface area contributed by atoms with E-state index in [1.54, 1.807) is 13.2 Å². The second-order valence-corrected chi connectivity index (χ2v) is 9.48. The van der Waals surface area contributed by atoms with E-state index in [2.05, 4.69) is 57.2 Å². The molecule has 3 heterocycles. The molecular formula is C29H28N6O. The predicted octanol–water partition coefficient (Wildman–Crippen LogP) is 5.21. The van der Waals surface area contributed by atoms with Gasteiger partial charge in [-0.25, -0.2) is 15.0 Å². The van der Waals surface area contributed by atoms with Gasteiger partial charge in [-0.3, -0.25) is 9.20 Å². The zero-order valence-corrected chi connectivity index (χ0v) is 20.2. The first kappa shape index (κ1) is 22.2. The van der Waals surface area contributed by atoms with Gasteiger partial charge in [0.25, 0.3) is 0 Å². The highest BCUT2D eigenvalue weighted by molar-refractivity contribution is 5.91. The van der Waals surface area contributed by atoms with Crippen LogP contribution in [0.1, 0.15) is 37.4 Å². The number of amides is 1. The highest BCUT2D eigenvalue weighted by Crippen LogP contribution is 2.39. The number of pyridine rings is 1. The van der Waals surface area contributed by atoms with E-state index in [1.807, 2.05) is 24.4 Å². The summed E-state index contributed by atoms with van der Waals surface area (Å²) in [6.07, 6.45) is 7.21. The first-order valence-corrected chi connectivity index (χ1v) is 12.4. The Morgan fingerprint density at radius 2 is 1.75 bits per heavy atom. The molecule has 6 rings (SSSR count). The van der Waals surface area contributed by atoms with Crippen molar-refractivity contribution < 1.29 is 4.79 Å². The summed E-state index contributed by atoms with van der Waals surface area (Å²) in [5.74, 6) is 1.91. The van der Waals surface area contributed by atoms with E-state index < -0.39 is 0 Å². The Hall–Kier alpha value is -4.26. The van der Waals surface area contributed by atoms with Crippen LogP contribution in [0.2, 0.25) is 0 Å². The second kappa shape index (κ2) is 9.07. The molecule has 0 radical (unpaired) electrons. The Labute approximate surface area is 209 Å². The topological polar surface area (TPSA) is 98.2 Å². The lowest BCUT2D eigenvalue weighted by molar-refractivity contribution is -0.125. The Morgan fingerprint density at radius 1 is 0.972 bits per heavy atom. The number of nitrogens with two attached hydrogens (primary N) is 1. The van der Waals surface area contributed by atoms with Crippen LogP contribution in [0.3, 0.4) is 0 Å². The third kappa shape index (κ3) is 3.86. The standard InChI is InChI=1S/C29H28N6O/c1-31-29(36)21-10-8-20(9-11-21)28-34-25(26-27(30)32-15-16-35(26)28)22-12-7-19-13-14-23(33-24(19)17-22)18-5-3-2-4-6-18/h2-7,12-17,20-21H,8-11H2,1H3,(H2,30,32)(H,31,36). The molecule has 3 aromatic heterocycles. The van der Waals surface area contributed by atoms with E-state index in [4.69, 9.17) is 15.7 Å². The molecule has 0 saturated heterocycles. The minimum absolute atomic E-state index is 0.0778. The number of anilines is 1. The highest BCUT2D eigenvalue weighted by Gasteiger charge is 2.30. The molecule has 0 aliphatic heterocycles. The summed E-state index contributed by atoms with van der Waals surface area (Å²) in [4.78, 5) is 26.6. The normalized spacial score (nSPS) is 17.9. The number of carbonyl (C=O) groups is 1. The SMILES string of the molecule is CNC(=O)C1CCC(c2nc(-c3ccc4ccc(-c5ccccc5)nc4c3)c3c(N)nccn23)CC1. The first-order valence-electron chi connectivity index (χ1n) is 12.4. The molecule has 0 atom stereocenters. The van der Waals surface area contributed by atoms with Crippen LogP contribution in [0, 0.1) is 5.92 Å². The lowest BCUT2D eigenvalue weighted by Crippen LogP contribution is -2.30. The van der Waals surface area contributed by atoms with Crippen LogP contribution in [-0.2, 0) is 4.79 Å². The van der Waals surface area contributed by atoms with Gasteiger partial charge in [0.05, 0.1) is 11.2 Å². The highest BCUT2D eigenvalue weighted by atomic mass is 16.1. The molecule has 2 aromatic carbocycles. The van der Waals surface area contributed by atoms with E-state index in [0.717, 1.165) is 70.4 Å². The van der Waals surface area contributed by atoms with Crippen LogP contribution in [0.15, 0.2) is 73.1 Å². The predicted molar refractivity (Wildman–Crippen MR) is 142 cm³/mol. The molecule has 1 fully saturated rings. The number of carbonyl (C=O) groups excluding carboxylic acids is 1. The van der Waals surface area contributed by atoms with E-state index in [-0.39, 0.29) is 17.7 Å². The number of rotatable bonds is 4. The van der Waals surface area contributed by atoms with Gasteiger partial charge in [0.1, 0.15) is 22.9 Å². The Morgan fingerprint density at radius 3 is 2.53 bits per heavy atom. The summed E-state index contributed by atoms with van der Waals surface area (Å²) in [7, 11) is 1.71. The molecule has 1 amide bonds. The molecule has 36 heavy (non-hydrogen) atoms. The number of nitrogens with zero attached hydrogens (tertiary/aromatic N) is 4. The fraction of sp³-hybridized carbons (Fsp3) is 0.241. The summed E-state index contributed by atoms with van der Waals surface area (Å²) in [5, 5.41) is 3.86. The Balaban J connectivity index is 1.42. The summed E-state index contributed by atoms with van der Waals surface area (Å²) in [6, 6.07) is 20.6. The molecule has 7 nitrogen and oxygen atoms in total. The van der Waals surface area contributed by atoms with E-state index in [0.29, 0.717) is 5.82 Å². The van der Waals surface area contributed by atoms with Gasteiger partial charge >= 0.3 is 0 Å². The maximum Gasteiger partial charge on any atom is 0.222 e. The van der Waals surface area contributed by atoms with Gasteiger partial charge in [0.15, 0.2) is 0 Å². The zero-order chi connectivity index (χ0) is 24.6. The summed E-state index contributed by atoms with van der Waals surface area (Å²) in [6.45, 7) is 0. The molecule has 1 saturated carbocycles. The van der Waals surface area contributed by atoms with Gasteiger partial charge in [-0.1, -0.05) is 48.5 Å². The number of nitrogen functional groups attached to an aromatic ring is 1. The van der Waals surface area contributed by atoms with Crippen molar-refractivity contribution in [1.29, 1.82) is 0 Å². The van der Waals surface area contributed by atoms with Crippen molar-refractivity contribution in [2.75, 3.05) is 12.8 Å². The monoisotopic (exact) mass is 476 g/mol. The first-order chi connectivity index (χ1) is 17.6. The quantitative estimate of drug-likeness (QED) is 0.371. The zero-order valence-electron chi connectivity index (χ0n) is 20.2. The molecular weight excluding hydrogens is 448 g/mol. The lowest BCUT2D eigenvalue weighted by atomic mass is 9.81. The molecule has 0 bridgehead atoms. The number of fused-ring (bicyclic) bond motifs is 2. The number of benzene rings is 2. The number of hydrogen-bond donors (Lipinski definition) is 2. The summed E-state index contributed by atoms with van der Waals surface area (Å²) >= 11 is 0. The van der Waals surface area contributed by atoms with Crippen molar-refractivity contribution >= 4 is 28.1 Å². The van der Waals surface area contributed by atoms with Gasteiger partial charge in [-0.15, -0.1) is 0 Å². The van der Waals surface area contributed by atoms with Crippen LogP contribution < -0.4 is 11.1 Å². The third-order valence-electron chi connectivity index (χ3n) is 7.35. The van der Waals surface area contributed by atoms with Crippen molar-refractivity contribution in [2.24, 2.45) is 5.92 Å². The molecule has 0 spiro atoms. The van der Waals surface area contributed by atoms with Gasteiger partial charge in [0, 0.05) is 47.8 Å². The number of nitrogens with one attached hydrogen (secondary N) is 1. The molecule has 5 aromatic rings. The maximum atomic E-state index is 12.1. The average Bonchev–Trinajstić information content (AvgIpc) is 3.33. The minimum atomic E-state index is 0.0778. The van der Waals surface area contributed by atoms with Crippen molar-refractivity contribution in [1.82, 2.24) is 24.7 Å².